The topological polar surface area (TPSA) is 9.23 Å². The average molecular weight is 745 g/mol. The van der Waals surface area contributed by atoms with Gasteiger partial charge in [0.25, 0.3) is 0 Å². The molecular weight excluding hydrogens is 696 g/mol. The molecule has 0 aliphatic rings. The molecule has 8 rings (SSSR count). The molecule has 0 fully saturated rings. The molecule has 280 valence electrons. The number of ether oxygens (including phenoxy) is 1. The molecular formula is C56H49LiO. The van der Waals surface area contributed by atoms with Crippen LogP contribution in [0.4, 0.5) is 0 Å². The minimum absolute atomic E-state index is 0. The number of unbranched alkanes of at least 4 members (excludes halogenated alkanes) is 5. The molecule has 0 saturated carbocycles. The maximum Gasteiger partial charge on any atom is 1.00 e. The molecule has 0 N–H and O–H groups in total. The Bertz CT molecular complexity index is 2430. The molecule has 0 spiro atoms. The molecule has 0 aromatic heterocycles. The fourth-order valence-electron chi connectivity index (χ4n) is 7.52. The fraction of sp³-hybridized carbons (Fsp3) is 0.143. The predicted octanol–water partition coefficient (Wildman–Crippen LogP) is 12.9. The van der Waals surface area contributed by atoms with Crippen LogP contribution in [0.15, 0.2) is 194 Å². The third-order valence-corrected chi connectivity index (χ3v) is 11.0. The fourth-order valence-corrected chi connectivity index (χ4v) is 7.52. The van der Waals surface area contributed by atoms with Gasteiger partial charge in [0, 0.05) is 0 Å². The summed E-state index contributed by atoms with van der Waals surface area (Å²) >= 11 is 0. The number of benzene rings is 8. The van der Waals surface area contributed by atoms with Crippen molar-refractivity contribution in [3.63, 3.8) is 0 Å². The molecule has 0 radical (unpaired) electrons. The van der Waals surface area contributed by atoms with E-state index in [2.05, 4.69) is 189 Å². The zero-order valence-electron chi connectivity index (χ0n) is 33.8. The van der Waals surface area contributed by atoms with Gasteiger partial charge in [-0.1, -0.05) is 202 Å². The Hall–Kier alpha value is -5.84. The Morgan fingerprint density at radius 3 is 0.897 bits per heavy atom. The molecule has 2 heteroatoms. The van der Waals surface area contributed by atoms with E-state index in [0.717, 1.165) is 18.8 Å². The second-order valence-electron chi connectivity index (χ2n) is 14.9. The van der Waals surface area contributed by atoms with Crippen molar-refractivity contribution in [2.24, 2.45) is 0 Å². The van der Waals surface area contributed by atoms with Gasteiger partial charge in [0.15, 0.2) is 0 Å². The Balaban J connectivity index is 0.00000512. The van der Waals surface area contributed by atoms with Crippen LogP contribution in [0.5, 0.6) is 5.75 Å². The van der Waals surface area contributed by atoms with Gasteiger partial charge in [0.1, 0.15) is 5.75 Å². The van der Waals surface area contributed by atoms with Crippen molar-refractivity contribution in [3.05, 3.63) is 200 Å². The quantitative estimate of drug-likeness (QED) is 0.0577. The third-order valence-electron chi connectivity index (χ3n) is 11.0. The van der Waals surface area contributed by atoms with Gasteiger partial charge in [0.2, 0.25) is 0 Å². The summed E-state index contributed by atoms with van der Waals surface area (Å²) in [5, 5.41) is 0. The summed E-state index contributed by atoms with van der Waals surface area (Å²) in [6, 6.07) is 72.9. The van der Waals surface area contributed by atoms with Gasteiger partial charge >= 0.3 is 18.9 Å². The van der Waals surface area contributed by atoms with E-state index in [1.165, 1.54) is 110 Å². The Labute approximate surface area is 357 Å². The molecule has 0 atom stereocenters. The summed E-state index contributed by atoms with van der Waals surface area (Å²) < 4.78 is 5.99. The van der Waals surface area contributed by atoms with Crippen LogP contribution < -0.4 is 23.6 Å². The smallest absolute Gasteiger partial charge is 0.494 e. The third kappa shape index (κ3) is 10.2. The molecule has 0 heterocycles. The van der Waals surface area contributed by atoms with Crippen LogP contribution in [0.3, 0.4) is 0 Å². The molecule has 0 aliphatic carbocycles. The summed E-state index contributed by atoms with van der Waals surface area (Å²) in [6.07, 6.45) is 7.66. The van der Waals surface area contributed by atoms with Crippen LogP contribution in [-0.2, 0) is 0 Å². The minimum atomic E-state index is 0. The van der Waals surface area contributed by atoms with Crippen molar-refractivity contribution in [2.75, 3.05) is 6.61 Å². The molecule has 1 nitrogen and oxygen atoms in total. The standard InChI is InChI=1S/C56H49O.Li/c1-2-3-4-5-6-10-41-57-56-39-37-55(38-40-56)54-35-33-53(34-36-54)52-31-29-51(30-32-52)50-27-25-49(26-28-50)48-23-21-47(22-24-48)46-19-17-45(18-20-46)44-15-13-43(14-16-44)42-11-8-7-9-12-42;/h7-8,11-40H,2-6,10,41H2,1H3;/q-1;+1. The Kier molecular flexibility index (Phi) is 13.9. The molecule has 8 aromatic carbocycles. The maximum atomic E-state index is 5.99. The monoisotopic (exact) mass is 744 g/mol. The predicted molar refractivity (Wildman–Crippen MR) is 242 cm³/mol. The van der Waals surface area contributed by atoms with E-state index in [1.54, 1.807) is 0 Å². The van der Waals surface area contributed by atoms with E-state index in [-0.39, 0.29) is 18.9 Å². The summed E-state index contributed by atoms with van der Waals surface area (Å²) in [6.45, 7) is 3.05. The van der Waals surface area contributed by atoms with Crippen molar-refractivity contribution < 1.29 is 23.6 Å². The van der Waals surface area contributed by atoms with Crippen LogP contribution in [0.25, 0.3) is 77.9 Å². The van der Waals surface area contributed by atoms with Gasteiger partial charge in [-0.05, 0) is 85.3 Å². The van der Waals surface area contributed by atoms with E-state index in [4.69, 9.17) is 4.74 Å². The largest absolute Gasteiger partial charge is 1.00 e. The second-order valence-corrected chi connectivity index (χ2v) is 14.9. The van der Waals surface area contributed by atoms with Gasteiger partial charge in [-0.3, -0.25) is 0 Å². The number of hydrogen-bond donors (Lipinski definition) is 0. The van der Waals surface area contributed by atoms with Gasteiger partial charge in [-0.2, -0.15) is 30.3 Å². The van der Waals surface area contributed by atoms with Crippen LogP contribution in [0.1, 0.15) is 45.4 Å². The van der Waals surface area contributed by atoms with E-state index >= 15 is 0 Å². The molecule has 8 aromatic rings. The van der Waals surface area contributed by atoms with Crippen LogP contribution in [0, 0.1) is 6.07 Å². The summed E-state index contributed by atoms with van der Waals surface area (Å²) in [4.78, 5) is 0. The van der Waals surface area contributed by atoms with E-state index < -0.39 is 0 Å². The number of rotatable bonds is 15. The van der Waals surface area contributed by atoms with Crippen LogP contribution in [-0.4, -0.2) is 6.61 Å². The van der Waals surface area contributed by atoms with Gasteiger partial charge < -0.3 is 4.74 Å². The molecule has 0 amide bonds. The minimum Gasteiger partial charge on any atom is -0.494 e. The van der Waals surface area contributed by atoms with Gasteiger partial charge in [-0.25, -0.2) is 0 Å². The van der Waals surface area contributed by atoms with E-state index in [0.29, 0.717) is 0 Å². The van der Waals surface area contributed by atoms with Crippen molar-refractivity contribution >= 4 is 0 Å². The van der Waals surface area contributed by atoms with Crippen molar-refractivity contribution in [1.82, 2.24) is 0 Å². The van der Waals surface area contributed by atoms with E-state index in [9.17, 15) is 0 Å². The van der Waals surface area contributed by atoms with Crippen molar-refractivity contribution in [1.29, 1.82) is 0 Å². The van der Waals surface area contributed by atoms with Crippen molar-refractivity contribution in [3.8, 4) is 83.6 Å². The first-order valence-corrected chi connectivity index (χ1v) is 20.5. The molecule has 0 bridgehead atoms. The first-order chi connectivity index (χ1) is 28.2. The van der Waals surface area contributed by atoms with Crippen LogP contribution >= 0.6 is 0 Å². The Morgan fingerprint density at radius 2 is 0.603 bits per heavy atom. The summed E-state index contributed by atoms with van der Waals surface area (Å²) in [5.41, 5.74) is 16.9. The zero-order valence-corrected chi connectivity index (χ0v) is 33.8. The summed E-state index contributed by atoms with van der Waals surface area (Å²) in [5.74, 6) is 0.951. The average Bonchev–Trinajstić information content (AvgIpc) is 3.30. The molecule has 0 aliphatic heterocycles. The molecule has 0 saturated heterocycles. The zero-order chi connectivity index (χ0) is 38.7. The maximum absolute atomic E-state index is 5.99. The SMILES string of the molecule is CCCCCCCCOc1ccc(-c2ccc(-c3ccc(-c4ccc(-c5ccc(-c6ccc(-c7ccc(-c8c[c-]ccc8)cc7)cc6)cc5)cc4)cc3)cc2)cc1.[Li+]. The molecule has 58 heavy (non-hydrogen) atoms. The van der Waals surface area contributed by atoms with Gasteiger partial charge in [-0.15, -0.1) is 5.56 Å². The van der Waals surface area contributed by atoms with Crippen molar-refractivity contribution in [2.45, 2.75) is 45.4 Å². The van der Waals surface area contributed by atoms with Gasteiger partial charge in [0.05, 0.1) is 6.61 Å². The first-order valence-electron chi connectivity index (χ1n) is 20.5. The molecule has 0 unspecified atom stereocenters. The van der Waals surface area contributed by atoms with Crippen LogP contribution in [0.2, 0.25) is 0 Å². The summed E-state index contributed by atoms with van der Waals surface area (Å²) in [7, 11) is 0. The second kappa shape index (κ2) is 20.0. The number of hydrogen-bond acceptors (Lipinski definition) is 1. The first kappa shape index (κ1) is 40.4. The van der Waals surface area contributed by atoms with E-state index in [1.807, 2.05) is 18.2 Å². The normalized spacial score (nSPS) is 10.8. The Morgan fingerprint density at radius 1 is 0.328 bits per heavy atom.